The zero-order chi connectivity index (χ0) is 28.3. The van der Waals surface area contributed by atoms with Crippen LogP contribution in [0, 0.1) is 34.5 Å². The highest BCUT2D eigenvalue weighted by Crippen LogP contribution is 2.67. The second kappa shape index (κ2) is 10.8. The first-order valence-electron chi connectivity index (χ1n) is 17.0. The molecule has 6 rings (SSSR count). The van der Waals surface area contributed by atoms with Gasteiger partial charge in [0.1, 0.15) is 12.1 Å². The summed E-state index contributed by atoms with van der Waals surface area (Å²) in [5, 5.41) is 0. The lowest BCUT2D eigenvalue weighted by Gasteiger charge is -2.62. The summed E-state index contributed by atoms with van der Waals surface area (Å²) in [7, 11) is 2.47. The van der Waals surface area contributed by atoms with Crippen molar-refractivity contribution < 1.29 is 23.5 Å². The zero-order valence-electron chi connectivity index (χ0n) is 26.2. The molecule has 1 unspecified atom stereocenters. The van der Waals surface area contributed by atoms with Crippen molar-refractivity contribution in [3.8, 4) is 0 Å². The predicted octanol–water partition coefficient (Wildman–Crippen LogP) is 5.97. The third-order valence-electron chi connectivity index (χ3n) is 13.7. The van der Waals surface area contributed by atoms with Crippen molar-refractivity contribution >= 4 is 11.9 Å². The molecule has 6 nitrogen and oxygen atoms in total. The van der Waals surface area contributed by atoms with E-state index in [0.717, 1.165) is 29.9 Å². The van der Waals surface area contributed by atoms with E-state index in [1.807, 2.05) is 0 Å². The molecule has 0 radical (unpaired) electrons. The number of likely N-dealkylation sites (N-methyl/N-ethyl adjacent to an activating group) is 1. The third kappa shape index (κ3) is 4.85. The van der Waals surface area contributed by atoms with Gasteiger partial charge in [0.25, 0.3) is 0 Å². The quantitative estimate of drug-likeness (QED) is 0.315. The summed E-state index contributed by atoms with van der Waals surface area (Å²) < 4.78 is 13.5. The summed E-state index contributed by atoms with van der Waals surface area (Å²) in [6.45, 7) is 13.1. The molecule has 0 N–H and O–H groups in total. The van der Waals surface area contributed by atoms with Gasteiger partial charge in [0, 0.05) is 31.7 Å². The van der Waals surface area contributed by atoms with E-state index < -0.39 is 0 Å². The fraction of sp³-hybridized carbons (Fsp3) is 0.941. The summed E-state index contributed by atoms with van der Waals surface area (Å²) in [5.74, 6) is 2.50. The van der Waals surface area contributed by atoms with Crippen molar-refractivity contribution in [2.75, 3.05) is 33.2 Å². The lowest BCUT2D eigenvalue weighted by Crippen LogP contribution is -2.61. The Morgan fingerprint density at radius 3 is 2.15 bits per heavy atom. The van der Waals surface area contributed by atoms with Crippen molar-refractivity contribution in [2.45, 2.75) is 135 Å². The monoisotopic (exact) mass is 557 g/mol. The van der Waals surface area contributed by atoms with Gasteiger partial charge in [0.05, 0.1) is 20.1 Å². The van der Waals surface area contributed by atoms with Gasteiger partial charge in [-0.1, -0.05) is 20.3 Å². The van der Waals surface area contributed by atoms with E-state index in [9.17, 15) is 9.59 Å². The molecule has 0 aromatic carbocycles. The van der Waals surface area contributed by atoms with Crippen LogP contribution in [-0.4, -0.2) is 78.8 Å². The molecule has 2 heterocycles. The average molecular weight is 558 g/mol. The number of piperidine rings is 2. The van der Waals surface area contributed by atoms with E-state index in [-0.39, 0.29) is 29.6 Å². The van der Waals surface area contributed by atoms with E-state index in [0.29, 0.717) is 35.3 Å². The second-order valence-corrected chi connectivity index (χ2v) is 15.8. The largest absolute Gasteiger partial charge is 0.461 e. The topological polar surface area (TPSA) is 55.8 Å². The summed E-state index contributed by atoms with van der Waals surface area (Å²) in [5.41, 5.74) is 0.377. The minimum absolute atomic E-state index is 0.0466. The molecular formula is C34H57N2O4+. The number of carbonyl (C=O) groups excluding carboxylic acids is 2. The Kier molecular flexibility index (Phi) is 7.85. The molecule has 2 aliphatic heterocycles. The summed E-state index contributed by atoms with van der Waals surface area (Å²) in [4.78, 5) is 27.4. The number of ether oxygens (including phenoxy) is 2. The molecule has 2 saturated heterocycles. The van der Waals surface area contributed by atoms with Crippen molar-refractivity contribution in [3.63, 3.8) is 0 Å². The Bertz CT molecular complexity index is 958. The Labute approximate surface area is 243 Å². The maximum atomic E-state index is 12.5. The molecule has 0 aromatic rings. The molecule has 226 valence electrons. The fourth-order valence-corrected chi connectivity index (χ4v) is 11.7. The number of rotatable bonds is 4. The van der Waals surface area contributed by atoms with E-state index in [2.05, 4.69) is 25.8 Å². The number of hydrogen-bond donors (Lipinski definition) is 0. The van der Waals surface area contributed by atoms with E-state index in [1.165, 1.54) is 90.1 Å². The Hall–Kier alpha value is -1.14. The predicted molar refractivity (Wildman–Crippen MR) is 156 cm³/mol. The summed E-state index contributed by atoms with van der Waals surface area (Å²) in [6, 6.07) is 0.796. The molecule has 6 heteroatoms. The van der Waals surface area contributed by atoms with Crippen LogP contribution in [-0.2, 0) is 19.1 Å². The van der Waals surface area contributed by atoms with Gasteiger partial charge in [-0.05, 0) is 113 Å². The minimum Gasteiger partial charge on any atom is -0.461 e. The number of fused-ring (bicyclic) bond motifs is 5. The standard InChI is InChI=1S/C34H57N2O4/c1-23(37)39-31-20-25-12-13-26-27(34(25,4)22-29(31)35-16-8-6-9-17-35)14-15-33(3)28(26)21-30(32(33)40-24(2)38)36(5)18-10-7-11-19-36/h25-32H,6-22H2,1-5H3/q+1/t25-,26+,27-,28?,29-,30-,31-,32-,33-,34-/m0/s1. The van der Waals surface area contributed by atoms with Crippen LogP contribution in [0.2, 0.25) is 0 Å². The first-order valence-corrected chi connectivity index (χ1v) is 17.0. The zero-order valence-corrected chi connectivity index (χ0v) is 26.2. The van der Waals surface area contributed by atoms with Gasteiger partial charge >= 0.3 is 11.9 Å². The SMILES string of the molecule is CC(=O)O[C@H]1C[C@@H]2CC[C@H]3C4C[C@H]([N+]5(C)CCCCC5)[C@H](OC(C)=O)[C@@]4(C)CC[C@@H]3[C@@]2(C)C[C@@H]1N1CCCCC1. The number of esters is 2. The van der Waals surface area contributed by atoms with Crippen molar-refractivity contribution in [2.24, 2.45) is 34.5 Å². The average Bonchev–Trinajstić information content (AvgIpc) is 3.21. The maximum Gasteiger partial charge on any atom is 0.303 e. The Morgan fingerprint density at radius 1 is 0.800 bits per heavy atom. The van der Waals surface area contributed by atoms with Gasteiger partial charge in [-0.2, -0.15) is 0 Å². The molecule has 0 amide bonds. The molecule has 6 aliphatic rings. The normalized spacial score (nSPS) is 46.9. The highest BCUT2D eigenvalue weighted by molar-refractivity contribution is 5.66. The number of likely N-dealkylation sites (tertiary alicyclic amines) is 2. The lowest BCUT2D eigenvalue weighted by molar-refractivity contribution is -0.940. The van der Waals surface area contributed by atoms with Crippen LogP contribution in [0.15, 0.2) is 0 Å². The molecule has 0 bridgehead atoms. The van der Waals surface area contributed by atoms with Crippen molar-refractivity contribution in [1.82, 2.24) is 4.90 Å². The van der Waals surface area contributed by atoms with Crippen molar-refractivity contribution in [1.29, 1.82) is 0 Å². The first kappa shape index (κ1) is 29.0. The number of quaternary nitrogens is 1. The molecular weight excluding hydrogens is 500 g/mol. The van der Waals surface area contributed by atoms with Crippen molar-refractivity contribution in [3.05, 3.63) is 0 Å². The summed E-state index contributed by atoms with van der Waals surface area (Å²) >= 11 is 0. The first-order chi connectivity index (χ1) is 19.0. The van der Waals surface area contributed by atoms with Crippen LogP contribution in [0.5, 0.6) is 0 Å². The minimum atomic E-state index is -0.111. The number of hydrogen-bond acceptors (Lipinski definition) is 5. The molecule has 6 fully saturated rings. The fourth-order valence-electron chi connectivity index (χ4n) is 11.7. The van der Waals surface area contributed by atoms with E-state index in [4.69, 9.17) is 9.47 Å². The van der Waals surface area contributed by atoms with Crippen LogP contribution >= 0.6 is 0 Å². The van der Waals surface area contributed by atoms with E-state index >= 15 is 0 Å². The highest BCUT2D eigenvalue weighted by Gasteiger charge is 2.67. The lowest BCUT2D eigenvalue weighted by atomic mass is 9.44. The smallest absolute Gasteiger partial charge is 0.303 e. The molecule has 4 aliphatic carbocycles. The van der Waals surface area contributed by atoms with Crippen LogP contribution in [0.25, 0.3) is 0 Å². The van der Waals surface area contributed by atoms with Gasteiger partial charge in [-0.25, -0.2) is 0 Å². The Balaban J connectivity index is 1.29. The third-order valence-corrected chi connectivity index (χ3v) is 13.7. The summed E-state index contributed by atoms with van der Waals surface area (Å²) in [6.07, 6.45) is 16.3. The van der Waals surface area contributed by atoms with Gasteiger partial charge in [-0.3, -0.25) is 14.5 Å². The van der Waals surface area contributed by atoms with Crippen LogP contribution < -0.4 is 0 Å². The van der Waals surface area contributed by atoms with Gasteiger partial charge in [0.15, 0.2) is 6.10 Å². The van der Waals surface area contributed by atoms with Crippen LogP contribution in [0.1, 0.15) is 111 Å². The molecule has 0 aromatic heterocycles. The number of carbonyl (C=O) groups is 2. The van der Waals surface area contributed by atoms with E-state index in [1.54, 1.807) is 13.8 Å². The Morgan fingerprint density at radius 2 is 1.48 bits per heavy atom. The van der Waals surface area contributed by atoms with Gasteiger partial charge < -0.3 is 14.0 Å². The molecule has 40 heavy (non-hydrogen) atoms. The van der Waals surface area contributed by atoms with Gasteiger partial charge in [-0.15, -0.1) is 0 Å². The van der Waals surface area contributed by atoms with Crippen LogP contribution in [0.3, 0.4) is 0 Å². The molecule has 0 spiro atoms. The highest BCUT2D eigenvalue weighted by atomic mass is 16.5. The van der Waals surface area contributed by atoms with Crippen LogP contribution in [0.4, 0.5) is 0 Å². The second-order valence-electron chi connectivity index (χ2n) is 15.8. The van der Waals surface area contributed by atoms with Gasteiger partial charge in [0.2, 0.25) is 0 Å². The molecule has 4 saturated carbocycles. The molecule has 10 atom stereocenters. The number of nitrogens with zero attached hydrogens (tertiary/aromatic N) is 2. The maximum absolute atomic E-state index is 12.5.